The second kappa shape index (κ2) is 9.94. The number of ether oxygens (including phenoxy) is 2. The summed E-state index contributed by atoms with van der Waals surface area (Å²) in [6.07, 6.45) is 2.08. The standard InChI is InChI=1S/C24H31FN6O2/c1-24(2)14-32-22(33-15-24)21-29-19(16-6-8-17(25)9-7-16)20(30-21)18-10-12-27-23(28-18)26-11-5-13-31(3)4/h6-10,12,22H,5,11,13-15H2,1-4H3,(H,29,30)(H,26,27,28). The van der Waals surface area contributed by atoms with Crippen molar-refractivity contribution in [3.63, 3.8) is 0 Å². The van der Waals surface area contributed by atoms with Crippen LogP contribution in [0.1, 0.15) is 32.4 Å². The number of hydrogen-bond donors (Lipinski definition) is 2. The summed E-state index contributed by atoms with van der Waals surface area (Å²) in [5.74, 6) is 0.793. The topological polar surface area (TPSA) is 88.2 Å². The molecule has 2 N–H and O–H groups in total. The lowest BCUT2D eigenvalue weighted by molar-refractivity contribution is -0.229. The summed E-state index contributed by atoms with van der Waals surface area (Å²) in [6.45, 7) is 7.05. The lowest BCUT2D eigenvalue weighted by Crippen LogP contribution is -2.34. The first-order valence-corrected chi connectivity index (χ1v) is 11.1. The van der Waals surface area contributed by atoms with Crippen LogP contribution in [0.5, 0.6) is 0 Å². The van der Waals surface area contributed by atoms with E-state index in [1.165, 1.54) is 12.1 Å². The molecule has 3 aromatic rings. The predicted octanol–water partition coefficient (Wildman–Crippen LogP) is 4.11. The van der Waals surface area contributed by atoms with Gasteiger partial charge in [0.05, 0.1) is 30.3 Å². The number of rotatable bonds is 8. The largest absolute Gasteiger partial charge is 0.354 e. The van der Waals surface area contributed by atoms with E-state index in [1.807, 2.05) is 20.2 Å². The third-order valence-corrected chi connectivity index (χ3v) is 5.29. The SMILES string of the molecule is CN(C)CCCNc1nccc(-c2[nH]c(C3OCC(C)(C)CO3)nc2-c2ccc(F)cc2)n1. The van der Waals surface area contributed by atoms with Gasteiger partial charge in [0.15, 0.2) is 5.82 Å². The maximum Gasteiger partial charge on any atom is 0.223 e. The fourth-order valence-corrected chi connectivity index (χ4v) is 3.53. The Morgan fingerprint density at radius 2 is 1.85 bits per heavy atom. The van der Waals surface area contributed by atoms with Crippen LogP contribution in [0.15, 0.2) is 36.5 Å². The van der Waals surface area contributed by atoms with Crippen LogP contribution in [-0.4, -0.2) is 65.2 Å². The minimum atomic E-state index is -0.601. The number of anilines is 1. The summed E-state index contributed by atoms with van der Waals surface area (Å²) < 4.78 is 25.4. The third-order valence-electron chi connectivity index (χ3n) is 5.29. The molecule has 1 aromatic carbocycles. The number of nitrogens with one attached hydrogen (secondary N) is 2. The van der Waals surface area contributed by atoms with Gasteiger partial charge in [0.25, 0.3) is 0 Å². The van der Waals surface area contributed by atoms with Crippen molar-refractivity contribution in [2.24, 2.45) is 5.41 Å². The van der Waals surface area contributed by atoms with Gasteiger partial charge < -0.3 is 24.7 Å². The summed E-state index contributed by atoms with van der Waals surface area (Å²) in [5.41, 5.74) is 2.75. The monoisotopic (exact) mass is 454 g/mol. The van der Waals surface area contributed by atoms with Crippen molar-refractivity contribution < 1.29 is 13.9 Å². The molecule has 3 heterocycles. The molecule has 9 heteroatoms. The maximum absolute atomic E-state index is 13.5. The van der Waals surface area contributed by atoms with E-state index in [0.717, 1.165) is 25.1 Å². The number of aromatic nitrogens is 4. The Morgan fingerprint density at radius 3 is 2.55 bits per heavy atom. The molecule has 0 unspecified atom stereocenters. The summed E-state index contributed by atoms with van der Waals surface area (Å²) in [4.78, 5) is 19.3. The lowest BCUT2D eigenvalue weighted by atomic mass is 9.96. The van der Waals surface area contributed by atoms with Gasteiger partial charge in [0, 0.05) is 23.7 Å². The van der Waals surface area contributed by atoms with Gasteiger partial charge in [0.2, 0.25) is 12.2 Å². The highest BCUT2D eigenvalue weighted by molar-refractivity contribution is 5.77. The molecule has 0 radical (unpaired) electrons. The maximum atomic E-state index is 13.5. The molecule has 1 aliphatic heterocycles. The van der Waals surface area contributed by atoms with Crippen molar-refractivity contribution in [3.8, 4) is 22.6 Å². The number of halogens is 1. The van der Waals surface area contributed by atoms with Crippen LogP contribution in [0.4, 0.5) is 10.3 Å². The lowest BCUT2D eigenvalue weighted by Gasteiger charge is -2.33. The zero-order valence-corrected chi connectivity index (χ0v) is 19.6. The van der Waals surface area contributed by atoms with Crippen molar-refractivity contribution in [2.45, 2.75) is 26.6 Å². The van der Waals surface area contributed by atoms with Gasteiger partial charge in [-0.15, -0.1) is 0 Å². The fourth-order valence-electron chi connectivity index (χ4n) is 3.53. The van der Waals surface area contributed by atoms with Crippen LogP contribution in [0, 0.1) is 11.2 Å². The minimum absolute atomic E-state index is 0.0501. The number of H-pyrrole nitrogens is 1. The summed E-state index contributed by atoms with van der Waals surface area (Å²) in [7, 11) is 4.09. The molecule has 176 valence electrons. The second-order valence-corrected chi connectivity index (χ2v) is 9.32. The molecule has 1 aliphatic rings. The minimum Gasteiger partial charge on any atom is -0.354 e. The number of nitrogens with zero attached hydrogens (tertiary/aromatic N) is 4. The molecule has 0 spiro atoms. The smallest absolute Gasteiger partial charge is 0.223 e. The van der Waals surface area contributed by atoms with Crippen LogP contribution >= 0.6 is 0 Å². The number of imidazole rings is 1. The molecule has 1 fully saturated rings. The van der Waals surface area contributed by atoms with Crippen LogP contribution in [0.2, 0.25) is 0 Å². The van der Waals surface area contributed by atoms with Crippen LogP contribution in [0.25, 0.3) is 22.6 Å². The summed E-state index contributed by atoms with van der Waals surface area (Å²) in [5, 5.41) is 3.27. The average Bonchev–Trinajstić information content (AvgIpc) is 3.23. The Bertz CT molecular complexity index is 1060. The van der Waals surface area contributed by atoms with E-state index < -0.39 is 6.29 Å². The van der Waals surface area contributed by atoms with Gasteiger partial charge >= 0.3 is 0 Å². The molecule has 0 amide bonds. The Balaban J connectivity index is 1.63. The Kier molecular flexibility index (Phi) is 7.02. The first-order chi connectivity index (χ1) is 15.8. The zero-order valence-electron chi connectivity index (χ0n) is 19.6. The quantitative estimate of drug-likeness (QED) is 0.495. The van der Waals surface area contributed by atoms with Gasteiger partial charge in [-0.1, -0.05) is 13.8 Å². The Morgan fingerprint density at radius 1 is 1.12 bits per heavy atom. The highest BCUT2D eigenvalue weighted by Crippen LogP contribution is 2.35. The van der Waals surface area contributed by atoms with Crippen molar-refractivity contribution in [1.82, 2.24) is 24.8 Å². The fraction of sp³-hybridized carbons (Fsp3) is 0.458. The van der Waals surface area contributed by atoms with Gasteiger partial charge in [-0.2, -0.15) is 0 Å². The van der Waals surface area contributed by atoms with E-state index in [4.69, 9.17) is 14.5 Å². The molecule has 4 rings (SSSR count). The normalized spacial score (nSPS) is 16.3. The highest BCUT2D eigenvalue weighted by atomic mass is 19.1. The first-order valence-electron chi connectivity index (χ1n) is 11.1. The number of hydrogen-bond acceptors (Lipinski definition) is 7. The van der Waals surface area contributed by atoms with Crippen molar-refractivity contribution in [3.05, 3.63) is 48.2 Å². The van der Waals surface area contributed by atoms with E-state index in [2.05, 4.69) is 39.0 Å². The van der Waals surface area contributed by atoms with Gasteiger partial charge in [-0.25, -0.2) is 19.3 Å². The average molecular weight is 455 g/mol. The van der Waals surface area contributed by atoms with Gasteiger partial charge in [-0.3, -0.25) is 0 Å². The van der Waals surface area contributed by atoms with Gasteiger partial charge in [-0.05, 0) is 57.4 Å². The molecule has 8 nitrogen and oxygen atoms in total. The summed E-state index contributed by atoms with van der Waals surface area (Å²) in [6, 6.07) is 8.06. The molecule has 0 aliphatic carbocycles. The van der Waals surface area contributed by atoms with E-state index in [-0.39, 0.29) is 11.2 Å². The van der Waals surface area contributed by atoms with E-state index in [0.29, 0.717) is 42.1 Å². The highest BCUT2D eigenvalue weighted by Gasteiger charge is 2.32. The molecular formula is C24H31FN6O2. The number of benzene rings is 1. The zero-order chi connectivity index (χ0) is 23.4. The van der Waals surface area contributed by atoms with Crippen molar-refractivity contribution >= 4 is 5.95 Å². The van der Waals surface area contributed by atoms with Crippen molar-refractivity contribution in [1.29, 1.82) is 0 Å². The van der Waals surface area contributed by atoms with E-state index in [1.54, 1.807) is 18.3 Å². The molecule has 0 saturated carbocycles. The Hall–Kier alpha value is -2.88. The molecular weight excluding hydrogens is 423 g/mol. The van der Waals surface area contributed by atoms with E-state index in [9.17, 15) is 4.39 Å². The second-order valence-electron chi connectivity index (χ2n) is 9.32. The Labute approximate surface area is 193 Å². The van der Waals surface area contributed by atoms with E-state index >= 15 is 0 Å². The summed E-state index contributed by atoms with van der Waals surface area (Å²) >= 11 is 0. The molecule has 33 heavy (non-hydrogen) atoms. The number of aromatic amines is 1. The van der Waals surface area contributed by atoms with Crippen LogP contribution < -0.4 is 5.32 Å². The molecule has 0 bridgehead atoms. The van der Waals surface area contributed by atoms with Gasteiger partial charge in [0.1, 0.15) is 5.82 Å². The third kappa shape index (κ3) is 5.93. The van der Waals surface area contributed by atoms with Crippen LogP contribution in [0.3, 0.4) is 0 Å². The molecule has 2 aromatic heterocycles. The first kappa shape index (κ1) is 23.3. The molecule has 1 saturated heterocycles. The van der Waals surface area contributed by atoms with Crippen LogP contribution in [-0.2, 0) is 9.47 Å². The van der Waals surface area contributed by atoms with Crippen molar-refractivity contribution in [2.75, 3.05) is 45.7 Å². The molecule has 0 atom stereocenters. The predicted molar refractivity (Wildman–Crippen MR) is 125 cm³/mol.